The molecular weight excluding hydrogens is 749 g/mol. The van der Waals surface area contributed by atoms with Crippen LogP contribution in [0.25, 0.3) is 0 Å². The topological polar surface area (TPSA) is 216 Å². The third-order valence-corrected chi connectivity index (χ3v) is 8.94. The van der Waals surface area contributed by atoms with E-state index >= 15 is 0 Å². The van der Waals surface area contributed by atoms with E-state index in [0.717, 1.165) is 50.4 Å². The SMILES string of the molecule is CCOC(=O)c1c(CC(C)C)csc1NC(=O)C(OC(C)=O)C(OC(C)=O)C(OC(C)=O)C(OC(C)=O)C(=O)Nc1scc(CC(C)C)c1C(=O)OCC. The molecular formula is C36H48N2O14S2. The molecule has 4 atom stereocenters. The summed E-state index contributed by atoms with van der Waals surface area (Å²) in [6.45, 7) is 14.7. The highest BCUT2D eigenvalue weighted by Gasteiger charge is 2.49. The van der Waals surface area contributed by atoms with Crippen LogP contribution in [0.15, 0.2) is 10.8 Å². The maximum Gasteiger partial charge on any atom is 0.341 e. The highest BCUT2D eigenvalue weighted by Crippen LogP contribution is 2.34. The van der Waals surface area contributed by atoms with Crippen molar-refractivity contribution in [2.45, 2.75) is 106 Å². The van der Waals surface area contributed by atoms with Crippen LogP contribution in [0.2, 0.25) is 0 Å². The molecule has 0 fully saturated rings. The number of hydrogen-bond acceptors (Lipinski definition) is 16. The average Bonchev–Trinajstić information content (AvgIpc) is 3.62. The Labute approximate surface area is 321 Å². The van der Waals surface area contributed by atoms with Gasteiger partial charge in [0.1, 0.15) is 10.0 Å². The van der Waals surface area contributed by atoms with Crippen molar-refractivity contribution >= 4 is 80.3 Å². The molecule has 2 rings (SSSR count). The lowest BCUT2D eigenvalue weighted by Gasteiger charge is -2.34. The van der Waals surface area contributed by atoms with Crippen molar-refractivity contribution in [3.8, 4) is 0 Å². The van der Waals surface area contributed by atoms with Gasteiger partial charge in [-0.25, -0.2) is 9.59 Å². The van der Waals surface area contributed by atoms with Gasteiger partial charge in [0.25, 0.3) is 11.8 Å². The van der Waals surface area contributed by atoms with Crippen molar-refractivity contribution in [1.29, 1.82) is 0 Å². The molecule has 2 amide bonds. The van der Waals surface area contributed by atoms with E-state index in [1.807, 2.05) is 27.7 Å². The molecule has 2 aromatic rings. The number of hydrogen-bond donors (Lipinski definition) is 2. The average molecular weight is 797 g/mol. The van der Waals surface area contributed by atoms with E-state index in [1.165, 1.54) is 0 Å². The zero-order chi connectivity index (χ0) is 40.9. The minimum atomic E-state index is -2.17. The molecule has 54 heavy (non-hydrogen) atoms. The first-order valence-corrected chi connectivity index (χ1v) is 18.9. The maximum absolute atomic E-state index is 14.1. The molecule has 18 heteroatoms. The predicted molar refractivity (Wildman–Crippen MR) is 197 cm³/mol. The zero-order valence-corrected chi connectivity index (χ0v) is 33.6. The molecule has 0 saturated heterocycles. The van der Waals surface area contributed by atoms with Crippen molar-refractivity contribution < 1.29 is 66.8 Å². The van der Waals surface area contributed by atoms with Crippen molar-refractivity contribution in [2.24, 2.45) is 11.8 Å². The minimum absolute atomic E-state index is 0.00698. The zero-order valence-electron chi connectivity index (χ0n) is 32.0. The number of ether oxygens (including phenoxy) is 6. The van der Waals surface area contributed by atoms with Gasteiger partial charge in [0.2, 0.25) is 12.2 Å². The molecule has 2 heterocycles. The van der Waals surface area contributed by atoms with Crippen LogP contribution in [0.1, 0.15) is 101 Å². The van der Waals surface area contributed by atoms with E-state index in [0.29, 0.717) is 24.0 Å². The summed E-state index contributed by atoms with van der Waals surface area (Å²) in [4.78, 5) is 104. The van der Waals surface area contributed by atoms with Gasteiger partial charge in [-0.1, -0.05) is 27.7 Å². The van der Waals surface area contributed by atoms with Gasteiger partial charge in [-0.15, -0.1) is 22.7 Å². The Morgan fingerprint density at radius 1 is 0.556 bits per heavy atom. The van der Waals surface area contributed by atoms with Crippen LogP contribution in [-0.4, -0.2) is 85.3 Å². The summed E-state index contributed by atoms with van der Waals surface area (Å²) in [7, 11) is 0. The van der Waals surface area contributed by atoms with Crippen LogP contribution < -0.4 is 10.6 Å². The summed E-state index contributed by atoms with van der Waals surface area (Å²) in [5.41, 5.74) is 1.24. The Kier molecular flexibility index (Phi) is 17.8. The Bertz CT molecular complexity index is 1570. The number of anilines is 2. The van der Waals surface area contributed by atoms with Gasteiger partial charge in [-0.05, 0) is 60.4 Å². The highest BCUT2D eigenvalue weighted by molar-refractivity contribution is 7.15. The number of carbonyl (C=O) groups is 8. The Hall–Kier alpha value is -4.84. The maximum atomic E-state index is 14.1. The van der Waals surface area contributed by atoms with Gasteiger partial charge in [0.05, 0.1) is 24.3 Å². The van der Waals surface area contributed by atoms with Gasteiger partial charge in [-0.2, -0.15) is 0 Å². The molecule has 0 saturated carbocycles. The van der Waals surface area contributed by atoms with E-state index in [9.17, 15) is 38.4 Å². The number of amides is 2. The van der Waals surface area contributed by atoms with Gasteiger partial charge < -0.3 is 39.1 Å². The van der Waals surface area contributed by atoms with E-state index in [1.54, 1.807) is 24.6 Å². The molecule has 0 bridgehead atoms. The monoisotopic (exact) mass is 796 g/mol. The summed E-state index contributed by atoms with van der Waals surface area (Å²) in [5, 5.41) is 8.36. The van der Waals surface area contributed by atoms with E-state index in [2.05, 4.69) is 10.6 Å². The molecule has 0 radical (unpaired) electrons. The third kappa shape index (κ3) is 13.2. The quantitative estimate of drug-likeness (QED) is 0.143. The minimum Gasteiger partial charge on any atom is -0.462 e. The summed E-state index contributed by atoms with van der Waals surface area (Å²) in [6, 6.07) is 0. The molecule has 0 aliphatic carbocycles. The largest absolute Gasteiger partial charge is 0.462 e. The second-order valence-electron chi connectivity index (χ2n) is 12.8. The van der Waals surface area contributed by atoms with Crippen molar-refractivity contribution in [1.82, 2.24) is 0 Å². The molecule has 0 aliphatic heterocycles. The van der Waals surface area contributed by atoms with Gasteiger partial charge in [0.15, 0.2) is 12.2 Å². The van der Waals surface area contributed by atoms with Crippen LogP contribution in [0, 0.1) is 11.8 Å². The van der Waals surface area contributed by atoms with Crippen molar-refractivity contribution in [3.05, 3.63) is 33.0 Å². The molecule has 0 aromatic carbocycles. The molecule has 2 aromatic heterocycles. The fourth-order valence-electron chi connectivity index (χ4n) is 5.25. The first-order chi connectivity index (χ1) is 25.3. The molecule has 16 nitrogen and oxygen atoms in total. The summed E-state index contributed by atoms with van der Waals surface area (Å²) < 4.78 is 32.0. The smallest absolute Gasteiger partial charge is 0.341 e. The number of rotatable bonds is 19. The number of thiophene rings is 2. The van der Waals surface area contributed by atoms with Crippen LogP contribution in [0.4, 0.5) is 10.0 Å². The van der Waals surface area contributed by atoms with Crippen molar-refractivity contribution in [3.63, 3.8) is 0 Å². The van der Waals surface area contributed by atoms with Crippen LogP contribution in [0.5, 0.6) is 0 Å². The molecule has 0 spiro atoms. The summed E-state index contributed by atoms with van der Waals surface area (Å²) >= 11 is 1.96. The van der Waals surface area contributed by atoms with Crippen LogP contribution in [0.3, 0.4) is 0 Å². The molecule has 4 unspecified atom stereocenters. The Balaban J connectivity index is 2.75. The lowest BCUT2D eigenvalue weighted by molar-refractivity contribution is -0.198. The van der Waals surface area contributed by atoms with Gasteiger partial charge in [-0.3, -0.25) is 28.8 Å². The summed E-state index contributed by atoms with van der Waals surface area (Å²) in [6.07, 6.45) is -7.70. The number of carbonyl (C=O) groups excluding carboxylic acids is 8. The second kappa shape index (κ2) is 21.2. The van der Waals surface area contributed by atoms with Crippen molar-refractivity contribution in [2.75, 3.05) is 23.8 Å². The molecule has 0 aliphatic rings. The number of esters is 6. The lowest BCUT2D eigenvalue weighted by atomic mass is 9.99. The Morgan fingerprint density at radius 2 is 0.870 bits per heavy atom. The normalized spacial score (nSPS) is 13.2. The standard InChI is InChI=1S/C36H48N2O14S2/c1-11-47-35(45)25-23(13-17(3)4)15-53-33(25)37-31(43)29(51-21(9)41)27(49-19(7)39)28(50-20(8)40)30(52-22(10)42)32(44)38-34-26(36(46)48-12-2)24(16-54-34)14-18(5)6/h15-18,27-30H,11-14H2,1-10H3,(H,37,43)(H,38,44). The predicted octanol–water partition coefficient (Wildman–Crippen LogP) is 4.86. The van der Waals surface area contributed by atoms with Gasteiger partial charge >= 0.3 is 35.8 Å². The summed E-state index contributed by atoms with van der Waals surface area (Å²) in [5.74, 6) is -7.86. The third-order valence-electron chi connectivity index (χ3n) is 7.05. The van der Waals surface area contributed by atoms with E-state index < -0.39 is 72.0 Å². The van der Waals surface area contributed by atoms with Crippen LogP contribution in [-0.2, 0) is 70.0 Å². The molecule has 2 N–H and O–H groups in total. The number of nitrogens with one attached hydrogen (secondary N) is 2. The highest BCUT2D eigenvalue weighted by atomic mass is 32.1. The fraction of sp³-hybridized carbons (Fsp3) is 0.556. The Morgan fingerprint density at radius 3 is 1.13 bits per heavy atom. The van der Waals surface area contributed by atoms with E-state index in [-0.39, 0.29) is 46.2 Å². The van der Waals surface area contributed by atoms with E-state index in [4.69, 9.17) is 28.4 Å². The second-order valence-corrected chi connectivity index (χ2v) is 14.5. The fourth-order valence-corrected chi connectivity index (χ4v) is 7.19. The first-order valence-electron chi connectivity index (χ1n) is 17.2. The lowest BCUT2D eigenvalue weighted by Crippen LogP contribution is -2.57. The first kappa shape index (κ1) is 45.3. The van der Waals surface area contributed by atoms with Gasteiger partial charge in [0, 0.05) is 27.7 Å². The van der Waals surface area contributed by atoms with Crippen LogP contribution >= 0.6 is 22.7 Å². The molecule has 298 valence electrons.